The average Bonchev–Trinajstić information content (AvgIpc) is 2.45. The van der Waals surface area contributed by atoms with Crippen LogP contribution in [0, 0.1) is 0 Å². The second kappa shape index (κ2) is 7.50. The van der Waals surface area contributed by atoms with Crippen molar-refractivity contribution in [1.82, 2.24) is 5.32 Å². The second-order valence-corrected chi connectivity index (χ2v) is 5.08. The minimum absolute atomic E-state index is 0.131. The molecule has 1 aromatic carbocycles. The van der Waals surface area contributed by atoms with Crippen LogP contribution in [0.2, 0.25) is 0 Å². The molecule has 1 saturated carbocycles. The van der Waals surface area contributed by atoms with Crippen LogP contribution in [0.1, 0.15) is 26.7 Å². The third-order valence-electron chi connectivity index (χ3n) is 3.57. The molecule has 3 atom stereocenters. The van der Waals surface area contributed by atoms with E-state index >= 15 is 0 Å². The Morgan fingerprint density at radius 3 is 2.45 bits per heavy atom. The smallest absolute Gasteiger partial charge is 0.128 e. The van der Waals surface area contributed by atoms with Gasteiger partial charge >= 0.3 is 0 Å². The van der Waals surface area contributed by atoms with Gasteiger partial charge in [-0.1, -0.05) is 13.8 Å². The molecule has 112 valence electrons. The second-order valence-electron chi connectivity index (χ2n) is 5.08. The largest absolute Gasteiger partial charge is 0.494 e. The van der Waals surface area contributed by atoms with Gasteiger partial charge in [0.25, 0.3) is 0 Å². The molecule has 0 aliphatic heterocycles. The number of likely N-dealkylation sites (N-methyl/N-ethyl adjacent to an activating group) is 1. The van der Waals surface area contributed by atoms with Gasteiger partial charge in [0.05, 0.1) is 6.61 Å². The molecule has 0 saturated heterocycles. The summed E-state index contributed by atoms with van der Waals surface area (Å²) in [5, 5.41) is 3.41. The molecule has 1 aromatic rings. The normalized spacial score (nSPS) is 25.1. The average molecular weight is 279 g/mol. The van der Waals surface area contributed by atoms with Gasteiger partial charge in [-0.3, -0.25) is 0 Å². The Balaban J connectivity index is 1.84. The van der Waals surface area contributed by atoms with Crippen molar-refractivity contribution in [2.45, 2.75) is 44.9 Å². The van der Waals surface area contributed by atoms with Crippen molar-refractivity contribution < 1.29 is 14.2 Å². The van der Waals surface area contributed by atoms with Crippen LogP contribution in [-0.2, 0) is 4.74 Å². The SMILES string of the molecule is CCCOc1ccc(OC2CC(NCC)C2OC)cc1. The lowest BCUT2D eigenvalue weighted by Gasteiger charge is -2.43. The Morgan fingerprint density at radius 1 is 1.15 bits per heavy atom. The monoisotopic (exact) mass is 279 g/mol. The zero-order chi connectivity index (χ0) is 14.4. The maximum Gasteiger partial charge on any atom is 0.128 e. The molecule has 0 spiro atoms. The number of hydrogen-bond acceptors (Lipinski definition) is 4. The lowest BCUT2D eigenvalue weighted by Crippen LogP contribution is -2.60. The topological polar surface area (TPSA) is 39.7 Å². The summed E-state index contributed by atoms with van der Waals surface area (Å²) >= 11 is 0. The van der Waals surface area contributed by atoms with Crippen LogP contribution in [0.4, 0.5) is 0 Å². The van der Waals surface area contributed by atoms with Gasteiger partial charge in [-0.15, -0.1) is 0 Å². The first kappa shape index (κ1) is 15.1. The van der Waals surface area contributed by atoms with Gasteiger partial charge in [-0.2, -0.15) is 0 Å². The first-order valence-electron chi connectivity index (χ1n) is 7.44. The molecule has 4 nitrogen and oxygen atoms in total. The van der Waals surface area contributed by atoms with Crippen LogP contribution in [0.5, 0.6) is 11.5 Å². The molecular formula is C16H25NO3. The molecule has 1 aliphatic rings. The van der Waals surface area contributed by atoms with Crippen LogP contribution in [-0.4, -0.2) is 38.5 Å². The van der Waals surface area contributed by atoms with E-state index < -0.39 is 0 Å². The third-order valence-corrected chi connectivity index (χ3v) is 3.57. The number of ether oxygens (including phenoxy) is 3. The van der Waals surface area contributed by atoms with Crippen LogP contribution < -0.4 is 14.8 Å². The van der Waals surface area contributed by atoms with E-state index in [0.29, 0.717) is 6.04 Å². The highest BCUT2D eigenvalue weighted by Gasteiger charge is 2.42. The van der Waals surface area contributed by atoms with Gasteiger partial charge < -0.3 is 19.5 Å². The van der Waals surface area contributed by atoms with Crippen LogP contribution >= 0.6 is 0 Å². The molecule has 20 heavy (non-hydrogen) atoms. The van der Waals surface area contributed by atoms with Gasteiger partial charge in [0.2, 0.25) is 0 Å². The molecule has 2 rings (SSSR count). The minimum atomic E-state index is 0.131. The Hall–Kier alpha value is -1.26. The summed E-state index contributed by atoms with van der Waals surface area (Å²) in [5.74, 6) is 1.76. The highest BCUT2D eigenvalue weighted by molar-refractivity contribution is 5.31. The van der Waals surface area contributed by atoms with E-state index in [1.807, 2.05) is 24.3 Å². The summed E-state index contributed by atoms with van der Waals surface area (Å²) in [6.45, 7) is 5.91. The summed E-state index contributed by atoms with van der Waals surface area (Å²) in [4.78, 5) is 0. The molecule has 3 unspecified atom stereocenters. The molecule has 0 amide bonds. The van der Waals surface area contributed by atoms with Crippen molar-refractivity contribution in [3.63, 3.8) is 0 Å². The lowest BCUT2D eigenvalue weighted by molar-refractivity contribution is -0.0884. The molecule has 0 aromatic heterocycles. The van der Waals surface area contributed by atoms with Crippen molar-refractivity contribution in [2.24, 2.45) is 0 Å². The van der Waals surface area contributed by atoms with Crippen molar-refractivity contribution in [2.75, 3.05) is 20.3 Å². The standard InChI is InChI=1S/C16H25NO3/c1-4-10-19-12-6-8-13(9-7-12)20-15-11-14(17-5-2)16(15)18-3/h6-9,14-17H,4-5,10-11H2,1-3H3. The molecule has 1 N–H and O–H groups in total. The summed E-state index contributed by atoms with van der Waals surface area (Å²) in [6, 6.07) is 8.22. The highest BCUT2D eigenvalue weighted by atomic mass is 16.5. The molecule has 0 heterocycles. The first-order chi connectivity index (χ1) is 9.78. The zero-order valence-electron chi connectivity index (χ0n) is 12.6. The number of methoxy groups -OCH3 is 1. The lowest BCUT2D eigenvalue weighted by atomic mass is 9.85. The quantitative estimate of drug-likeness (QED) is 0.794. The summed E-state index contributed by atoms with van der Waals surface area (Å²) < 4.78 is 17.0. The van der Waals surface area contributed by atoms with E-state index in [1.165, 1.54) is 0 Å². The summed E-state index contributed by atoms with van der Waals surface area (Å²) in [6.07, 6.45) is 2.26. The van der Waals surface area contributed by atoms with Gasteiger partial charge in [-0.05, 0) is 37.2 Å². The fourth-order valence-corrected chi connectivity index (χ4v) is 2.48. The predicted octanol–water partition coefficient (Wildman–Crippen LogP) is 2.62. The summed E-state index contributed by atoms with van der Waals surface area (Å²) in [7, 11) is 1.74. The molecule has 1 aliphatic carbocycles. The number of benzene rings is 1. The maximum absolute atomic E-state index is 5.97. The Morgan fingerprint density at radius 2 is 1.85 bits per heavy atom. The zero-order valence-corrected chi connectivity index (χ0v) is 12.6. The van der Waals surface area contributed by atoms with Crippen molar-refractivity contribution in [3.8, 4) is 11.5 Å². The molecule has 4 heteroatoms. The van der Waals surface area contributed by atoms with Crippen LogP contribution in [0.15, 0.2) is 24.3 Å². The van der Waals surface area contributed by atoms with E-state index in [1.54, 1.807) is 7.11 Å². The Labute approximate surface area is 121 Å². The fourth-order valence-electron chi connectivity index (χ4n) is 2.48. The van der Waals surface area contributed by atoms with E-state index in [4.69, 9.17) is 14.2 Å². The number of rotatable bonds is 8. The maximum atomic E-state index is 5.97. The van der Waals surface area contributed by atoms with Gasteiger partial charge in [0.15, 0.2) is 0 Å². The van der Waals surface area contributed by atoms with Gasteiger partial charge in [0.1, 0.15) is 23.7 Å². The van der Waals surface area contributed by atoms with Crippen molar-refractivity contribution in [1.29, 1.82) is 0 Å². The van der Waals surface area contributed by atoms with Crippen LogP contribution in [0.3, 0.4) is 0 Å². The van der Waals surface area contributed by atoms with E-state index in [2.05, 4.69) is 19.2 Å². The van der Waals surface area contributed by atoms with Crippen molar-refractivity contribution >= 4 is 0 Å². The Bertz CT molecular complexity index is 393. The first-order valence-corrected chi connectivity index (χ1v) is 7.44. The summed E-state index contributed by atoms with van der Waals surface area (Å²) in [5.41, 5.74) is 0. The fraction of sp³-hybridized carbons (Fsp3) is 0.625. The van der Waals surface area contributed by atoms with E-state index in [0.717, 1.165) is 37.5 Å². The number of hydrogen-bond donors (Lipinski definition) is 1. The van der Waals surface area contributed by atoms with Crippen molar-refractivity contribution in [3.05, 3.63) is 24.3 Å². The van der Waals surface area contributed by atoms with E-state index in [9.17, 15) is 0 Å². The predicted molar refractivity (Wildman–Crippen MR) is 79.5 cm³/mol. The van der Waals surface area contributed by atoms with E-state index in [-0.39, 0.29) is 12.2 Å². The highest BCUT2D eigenvalue weighted by Crippen LogP contribution is 2.29. The third kappa shape index (κ3) is 3.64. The number of nitrogens with one attached hydrogen (secondary N) is 1. The molecule has 0 bridgehead atoms. The minimum Gasteiger partial charge on any atom is -0.494 e. The Kier molecular flexibility index (Phi) is 5.68. The van der Waals surface area contributed by atoms with Gasteiger partial charge in [-0.25, -0.2) is 0 Å². The molecular weight excluding hydrogens is 254 g/mol. The molecule has 0 radical (unpaired) electrons. The van der Waals surface area contributed by atoms with Crippen LogP contribution in [0.25, 0.3) is 0 Å². The molecule has 1 fully saturated rings. The van der Waals surface area contributed by atoms with Gasteiger partial charge in [0, 0.05) is 19.6 Å².